The van der Waals surface area contributed by atoms with Crippen molar-refractivity contribution in [1.82, 2.24) is 0 Å². The molecule has 1 aromatic carbocycles. The van der Waals surface area contributed by atoms with Gasteiger partial charge >= 0.3 is 0 Å². The SMILES string of the molecule is COc1ccc(C(O)S(=O)(=O)O)c(OC)c1OC. The molecule has 0 aliphatic carbocycles. The molecule has 102 valence electrons. The Kier molecular flexibility index (Phi) is 4.38. The first kappa shape index (κ1) is 14.6. The smallest absolute Gasteiger partial charge is 0.296 e. The van der Waals surface area contributed by atoms with Crippen LogP contribution in [0.15, 0.2) is 12.1 Å². The highest BCUT2D eigenvalue weighted by Gasteiger charge is 2.28. The highest BCUT2D eigenvalue weighted by atomic mass is 32.2. The van der Waals surface area contributed by atoms with Crippen molar-refractivity contribution in [2.75, 3.05) is 21.3 Å². The van der Waals surface area contributed by atoms with Crippen LogP contribution in [0, 0.1) is 0 Å². The molecule has 1 rings (SSSR count). The predicted octanol–water partition coefficient (Wildman–Crippen LogP) is 0.591. The lowest BCUT2D eigenvalue weighted by Crippen LogP contribution is -2.13. The van der Waals surface area contributed by atoms with Crippen molar-refractivity contribution in [3.8, 4) is 17.2 Å². The fourth-order valence-corrected chi connectivity index (χ4v) is 1.99. The van der Waals surface area contributed by atoms with Gasteiger partial charge in [0, 0.05) is 5.56 Å². The molecule has 0 heterocycles. The van der Waals surface area contributed by atoms with Gasteiger partial charge in [0.2, 0.25) is 11.2 Å². The minimum absolute atomic E-state index is 0.0259. The molecule has 2 N–H and O–H groups in total. The number of rotatable bonds is 5. The summed E-state index contributed by atoms with van der Waals surface area (Å²) in [4.78, 5) is 0. The zero-order valence-corrected chi connectivity index (χ0v) is 10.9. The minimum Gasteiger partial charge on any atom is -0.493 e. The average Bonchev–Trinajstić information content (AvgIpc) is 2.34. The van der Waals surface area contributed by atoms with Crippen LogP contribution in [0.3, 0.4) is 0 Å². The Morgan fingerprint density at radius 3 is 2.00 bits per heavy atom. The van der Waals surface area contributed by atoms with Crippen molar-refractivity contribution < 1.29 is 32.3 Å². The Bertz CT molecular complexity index is 523. The summed E-state index contributed by atoms with van der Waals surface area (Å²) in [7, 11) is -0.642. The van der Waals surface area contributed by atoms with Crippen LogP contribution in [0.5, 0.6) is 17.2 Å². The molecular weight excluding hydrogens is 264 g/mol. The molecule has 18 heavy (non-hydrogen) atoms. The van der Waals surface area contributed by atoms with Gasteiger partial charge in [-0.05, 0) is 12.1 Å². The molecule has 0 aromatic heterocycles. The standard InChI is InChI=1S/C10H14O7S/c1-15-7-5-4-6(10(11)18(12,13)14)8(16-2)9(7)17-3/h4-5,10-11H,1-3H3,(H,12,13,14). The third kappa shape index (κ3) is 2.66. The van der Waals surface area contributed by atoms with Gasteiger partial charge < -0.3 is 19.3 Å². The van der Waals surface area contributed by atoms with E-state index in [-0.39, 0.29) is 17.1 Å². The second-order valence-electron chi connectivity index (χ2n) is 3.29. The Hall–Kier alpha value is -1.51. The van der Waals surface area contributed by atoms with E-state index in [1.165, 1.54) is 33.5 Å². The summed E-state index contributed by atoms with van der Waals surface area (Å²) in [6, 6.07) is 2.66. The normalized spacial score (nSPS) is 12.9. The van der Waals surface area contributed by atoms with Gasteiger partial charge in [-0.15, -0.1) is 0 Å². The van der Waals surface area contributed by atoms with Crippen LogP contribution in [0.4, 0.5) is 0 Å². The number of benzene rings is 1. The first-order valence-electron chi connectivity index (χ1n) is 4.80. The zero-order chi connectivity index (χ0) is 13.9. The third-order valence-corrected chi connectivity index (χ3v) is 3.10. The first-order valence-corrected chi connectivity index (χ1v) is 6.30. The lowest BCUT2D eigenvalue weighted by molar-refractivity contribution is 0.230. The summed E-state index contributed by atoms with van der Waals surface area (Å²) in [6.07, 6.45) is 0. The van der Waals surface area contributed by atoms with Crippen molar-refractivity contribution in [3.63, 3.8) is 0 Å². The van der Waals surface area contributed by atoms with Crippen molar-refractivity contribution in [3.05, 3.63) is 17.7 Å². The maximum Gasteiger partial charge on any atom is 0.296 e. The highest BCUT2D eigenvalue weighted by molar-refractivity contribution is 7.85. The Labute approximate surface area is 105 Å². The molecular formula is C10H14O7S. The molecule has 0 amide bonds. The summed E-state index contributed by atoms with van der Waals surface area (Å²) in [6.45, 7) is 0. The van der Waals surface area contributed by atoms with E-state index in [1.54, 1.807) is 0 Å². The van der Waals surface area contributed by atoms with E-state index in [4.69, 9.17) is 18.8 Å². The van der Waals surface area contributed by atoms with E-state index < -0.39 is 15.6 Å². The molecule has 1 aromatic rings. The van der Waals surface area contributed by atoms with Crippen LogP contribution in [0.2, 0.25) is 0 Å². The van der Waals surface area contributed by atoms with Gasteiger partial charge in [0.1, 0.15) is 0 Å². The molecule has 0 aliphatic heterocycles. The average molecular weight is 278 g/mol. The van der Waals surface area contributed by atoms with Crippen LogP contribution < -0.4 is 14.2 Å². The van der Waals surface area contributed by atoms with Crippen LogP contribution in [0.1, 0.15) is 11.0 Å². The summed E-state index contributed by atoms with van der Waals surface area (Å²) >= 11 is 0. The van der Waals surface area contributed by atoms with Gasteiger partial charge in [0.25, 0.3) is 10.1 Å². The molecule has 0 spiro atoms. The molecule has 1 unspecified atom stereocenters. The maximum atomic E-state index is 10.9. The molecule has 1 atom stereocenters. The van der Waals surface area contributed by atoms with Gasteiger partial charge in [-0.3, -0.25) is 4.55 Å². The van der Waals surface area contributed by atoms with E-state index in [2.05, 4.69) is 0 Å². The van der Waals surface area contributed by atoms with Crippen LogP contribution in [0.25, 0.3) is 0 Å². The lowest BCUT2D eigenvalue weighted by atomic mass is 10.2. The van der Waals surface area contributed by atoms with Gasteiger partial charge in [-0.2, -0.15) is 8.42 Å². The molecule has 0 bridgehead atoms. The fraction of sp³-hybridized carbons (Fsp3) is 0.400. The number of aliphatic hydroxyl groups is 1. The number of hydrogen-bond acceptors (Lipinski definition) is 6. The zero-order valence-electron chi connectivity index (χ0n) is 10.1. The Balaban J connectivity index is 3.47. The summed E-state index contributed by atoms with van der Waals surface area (Å²) in [5.41, 5.74) is -2.26. The molecule has 0 saturated heterocycles. The van der Waals surface area contributed by atoms with Gasteiger partial charge in [-0.25, -0.2) is 0 Å². The highest BCUT2D eigenvalue weighted by Crippen LogP contribution is 2.42. The topological polar surface area (TPSA) is 102 Å². The second-order valence-corrected chi connectivity index (χ2v) is 4.77. The van der Waals surface area contributed by atoms with Crippen LogP contribution >= 0.6 is 0 Å². The van der Waals surface area contributed by atoms with Crippen molar-refractivity contribution in [2.24, 2.45) is 0 Å². The molecule has 0 aliphatic rings. The lowest BCUT2D eigenvalue weighted by Gasteiger charge is -2.17. The Morgan fingerprint density at radius 2 is 1.61 bits per heavy atom. The van der Waals surface area contributed by atoms with Gasteiger partial charge in [-0.1, -0.05) is 0 Å². The number of methoxy groups -OCH3 is 3. The summed E-state index contributed by atoms with van der Waals surface area (Å²) in [5.74, 6) is 0.405. The Morgan fingerprint density at radius 1 is 1.06 bits per heavy atom. The van der Waals surface area contributed by atoms with Crippen molar-refractivity contribution >= 4 is 10.1 Å². The monoisotopic (exact) mass is 278 g/mol. The molecule has 0 radical (unpaired) electrons. The van der Waals surface area contributed by atoms with Gasteiger partial charge in [0.05, 0.1) is 21.3 Å². The second kappa shape index (κ2) is 5.42. The summed E-state index contributed by atoms with van der Waals surface area (Å²) in [5, 5.41) is 9.54. The van der Waals surface area contributed by atoms with Crippen LogP contribution in [-0.2, 0) is 10.1 Å². The van der Waals surface area contributed by atoms with E-state index in [1.807, 2.05) is 0 Å². The van der Waals surface area contributed by atoms with Crippen molar-refractivity contribution in [1.29, 1.82) is 0 Å². The molecule has 8 heteroatoms. The summed E-state index contributed by atoms with van der Waals surface area (Å²) < 4.78 is 45.7. The van der Waals surface area contributed by atoms with E-state index >= 15 is 0 Å². The first-order chi connectivity index (χ1) is 8.36. The molecule has 0 saturated carbocycles. The third-order valence-electron chi connectivity index (χ3n) is 2.28. The quantitative estimate of drug-likeness (QED) is 0.760. The minimum atomic E-state index is -4.65. The number of hydrogen-bond donors (Lipinski definition) is 2. The molecule has 7 nitrogen and oxygen atoms in total. The van der Waals surface area contributed by atoms with Gasteiger partial charge in [0.15, 0.2) is 11.5 Å². The van der Waals surface area contributed by atoms with E-state index in [0.717, 1.165) is 0 Å². The largest absolute Gasteiger partial charge is 0.493 e. The van der Waals surface area contributed by atoms with E-state index in [9.17, 15) is 13.5 Å². The number of ether oxygens (including phenoxy) is 3. The number of aliphatic hydroxyl groups excluding tert-OH is 1. The maximum absolute atomic E-state index is 10.9. The van der Waals surface area contributed by atoms with Crippen LogP contribution in [-0.4, -0.2) is 39.4 Å². The van der Waals surface area contributed by atoms with Crippen molar-refractivity contribution in [2.45, 2.75) is 5.44 Å². The fourth-order valence-electron chi connectivity index (χ4n) is 1.48. The predicted molar refractivity (Wildman–Crippen MR) is 62.6 cm³/mol. The molecule has 0 fully saturated rings. The van der Waals surface area contributed by atoms with E-state index in [0.29, 0.717) is 5.75 Å².